The van der Waals surface area contributed by atoms with E-state index in [4.69, 9.17) is 15.2 Å². The summed E-state index contributed by atoms with van der Waals surface area (Å²) < 4.78 is 40.4. The molecule has 0 unspecified atom stereocenters. The second-order valence-electron chi connectivity index (χ2n) is 8.06. The first-order valence-corrected chi connectivity index (χ1v) is 11.3. The number of nitrogens with zero attached hydrogens (tertiary/aromatic N) is 1. The van der Waals surface area contributed by atoms with Crippen molar-refractivity contribution in [1.29, 1.82) is 0 Å². The Morgan fingerprint density at radius 2 is 1.87 bits per heavy atom. The van der Waals surface area contributed by atoms with E-state index in [1.807, 2.05) is 24.3 Å². The highest BCUT2D eigenvalue weighted by Crippen LogP contribution is 2.31. The summed E-state index contributed by atoms with van der Waals surface area (Å²) in [4.78, 5) is 0. The van der Waals surface area contributed by atoms with E-state index in [1.54, 1.807) is 25.3 Å². The molecule has 1 aliphatic heterocycles. The van der Waals surface area contributed by atoms with Gasteiger partial charge in [-0.05, 0) is 29.8 Å². The van der Waals surface area contributed by atoms with E-state index < -0.39 is 10.2 Å². The zero-order chi connectivity index (χ0) is 22.5. The summed E-state index contributed by atoms with van der Waals surface area (Å²) in [6.45, 7) is 6.69. The Bertz CT molecular complexity index is 1040. The maximum absolute atomic E-state index is 11.7. The lowest BCUT2D eigenvalue weighted by Crippen LogP contribution is -2.39. The van der Waals surface area contributed by atoms with Gasteiger partial charge in [0.25, 0.3) is 0 Å². The van der Waals surface area contributed by atoms with Crippen molar-refractivity contribution in [2.75, 3.05) is 31.7 Å². The van der Waals surface area contributed by atoms with Gasteiger partial charge in [-0.3, -0.25) is 4.72 Å². The number of nitrogens with two attached hydrogens (primary N) is 1. The summed E-state index contributed by atoms with van der Waals surface area (Å²) in [5, 5.41) is 6.73. The normalized spacial score (nSPS) is 14.9. The molecule has 2 aromatic rings. The molecule has 0 amide bonds. The van der Waals surface area contributed by atoms with Gasteiger partial charge in [-0.1, -0.05) is 32.0 Å². The van der Waals surface area contributed by atoms with Crippen LogP contribution in [-0.4, -0.2) is 41.2 Å². The largest absolute Gasteiger partial charge is 0.497 e. The van der Waals surface area contributed by atoms with Gasteiger partial charge in [0.15, 0.2) is 5.84 Å². The number of rotatable bonds is 10. The Kier molecular flexibility index (Phi) is 7.04. The smallest absolute Gasteiger partial charge is 0.344 e. The van der Waals surface area contributed by atoms with Crippen LogP contribution in [0.3, 0.4) is 0 Å². The Morgan fingerprint density at radius 1 is 1.13 bits per heavy atom. The van der Waals surface area contributed by atoms with Crippen LogP contribution in [0.25, 0.3) is 0 Å². The van der Waals surface area contributed by atoms with Crippen LogP contribution in [0.5, 0.6) is 11.5 Å². The molecule has 0 spiro atoms. The van der Waals surface area contributed by atoms with Crippen molar-refractivity contribution in [3.05, 3.63) is 53.6 Å². The Morgan fingerprint density at radius 3 is 2.58 bits per heavy atom. The van der Waals surface area contributed by atoms with Gasteiger partial charge in [-0.15, -0.1) is 4.40 Å². The number of benzene rings is 2. The third-order valence-corrected chi connectivity index (χ3v) is 5.61. The van der Waals surface area contributed by atoms with Crippen molar-refractivity contribution in [2.45, 2.75) is 20.4 Å². The fourth-order valence-electron chi connectivity index (χ4n) is 3.10. The number of amidine groups is 1. The van der Waals surface area contributed by atoms with Crippen molar-refractivity contribution in [3.63, 3.8) is 0 Å². The molecule has 2 aromatic carbocycles. The van der Waals surface area contributed by atoms with Crippen LogP contribution in [0, 0.1) is 5.41 Å². The Labute approximate surface area is 183 Å². The fourth-order valence-corrected chi connectivity index (χ4v) is 3.95. The molecule has 0 atom stereocenters. The molecule has 0 aromatic heterocycles. The quantitative estimate of drug-likeness (QED) is 0.323. The van der Waals surface area contributed by atoms with Gasteiger partial charge in [0.1, 0.15) is 11.5 Å². The van der Waals surface area contributed by atoms with Crippen LogP contribution in [-0.2, 0) is 16.8 Å². The molecule has 0 saturated heterocycles. The number of hydrogen-bond acceptors (Lipinski definition) is 7. The van der Waals surface area contributed by atoms with Gasteiger partial charge >= 0.3 is 10.2 Å². The minimum Gasteiger partial charge on any atom is -0.497 e. The lowest BCUT2D eigenvalue weighted by molar-refractivity contribution is 0.175. The average Bonchev–Trinajstić information content (AvgIpc) is 2.71. The molecule has 31 heavy (non-hydrogen) atoms. The highest BCUT2D eigenvalue weighted by molar-refractivity contribution is 7.91. The summed E-state index contributed by atoms with van der Waals surface area (Å²) in [6, 6.07) is 13.0. The Balaban J connectivity index is 1.47. The number of nitrogens with one attached hydrogen (secondary N) is 3. The summed E-state index contributed by atoms with van der Waals surface area (Å²) in [5.41, 5.74) is 7.69. The van der Waals surface area contributed by atoms with E-state index in [9.17, 15) is 8.42 Å². The fraction of sp³-hybridized carbons (Fsp3) is 0.381. The maximum Gasteiger partial charge on any atom is 0.344 e. The predicted molar refractivity (Wildman–Crippen MR) is 122 cm³/mol. The van der Waals surface area contributed by atoms with Crippen LogP contribution >= 0.6 is 0 Å². The molecule has 1 heterocycles. The molecule has 168 valence electrons. The number of hydrogen-bond donors (Lipinski definition) is 4. The van der Waals surface area contributed by atoms with Gasteiger partial charge in [0.05, 0.1) is 25.0 Å². The molecule has 0 aliphatic carbocycles. The molecule has 0 saturated carbocycles. The monoisotopic (exact) mass is 447 g/mol. The summed E-state index contributed by atoms with van der Waals surface area (Å²) >= 11 is 0. The summed E-state index contributed by atoms with van der Waals surface area (Å²) in [5.74, 6) is 1.25. The zero-order valence-electron chi connectivity index (χ0n) is 17.9. The lowest BCUT2D eigenvalue weighted by Gasteiger charge is -2.27. The highest BCUT2D eigenvalue weighted by Gasteiger charge is 2.26. The number of ether oxygens (including phenoxy) is 2. The first-order valence-electron chi connectivity index (χ1n) is 9.88. The summed E-state index contributed by atoms with van der Waals surface area (Å²) in [6.07, 6.45) is 0. The minimum atomic E-state index is -3.81. The van der Waals surface area contributed by atoms with Crippen molar-refractivity contribution < 1.29 is 17.9 Å². The average molecular weight is 448 g/mol. The standard InChI is InChI=1S/C21H29N5O4S/c1-21(2,12-24-14-23-11-15-7-9-16(29-3)10-8-15)13-30-18-6-4-5-17-19(18)20(22)26-31(27,28)25-17/h4-10,23-25H,11-14H2,1-3H3,(H2,22,26). The van der Waals surface area contributed by atoms with Crippen molar-refractivity contribution >= 4 is 21.7 Å². The van der Waals surface area contributed by atoms with Gasteiger partial charge in [0.2, 0.25) is 0 Å². The molecule has 0 bridgehead atoms. The molecular weight excluding hydrogens is 418 g/mol. The number of fused-ring (bicyclic) bond motifs is 1. The molecule has 1 aliphatic rings. The van der Waals surface area contributed by atoms with E-state index in [0.29, 0.717) is 36.8 Å². The van der Waals surface area contributed by atoms with Crippen LogP contribution < -0.4 is 30.6 Å². The maximum atomic E-state index is 11.7. The number of anilines is 1. The lowest BCUT2D eigenvalue weighted by atomic mass is 9.95. The van der Waals surface area contributed by atoms with E-state index in [0.717, 1.165) is 12.3 Å². The van der Waals surface area contributed by atoms with Gasteiger partial charge < -0.3 is 25.8 Å². The van der Waals surface area contributed by atoms with Crippen molar-refractivity contribution in [2.24, 2.45) is 15.5 Å². The molecule has 0 fully saturated rings. The second kappa shape index (κ2) is 9.54. The molecule has 10 heteroatoms. The summed E-state index contributed by atoms with van der Waals surface area (Å²) in [7, 11) is -2.16. The van der Waals surface area contributed by atoms with Crippen LogP contribution in [0.1, 0.15) is 25.0 Å². The van der Waals surface area contributed by atoms with Crippen molar-refractivity contribution in [3.8, 4) is 11.5 Å². The second-order valence-corrected chi connectivity index (χ2v) is 9.40. The molecule has 3 rings (SSSR count). The van der Waals surface area contributed by atoms with Crippen LogP contribution in [0.4, 0.5) is 5.69 Å². The van der Waals surface area contributed by atoms with Crippen molar-refractivity contribution in [1.82, 2.24) is 10.6 Å². The molecule has 0 radical (unpaired) electrons. The third kappa shape index (κ3) is 6.33. The molecular formula is C21H29N5O4S. The van der Waals surface area contributed by atoms with Gasteiger partial charge in [0, 0.05) is 25.2 Å². The molecule has 5 N–H and O–H groups in total. The SMILES string of the molecule is COc1ccc(CNCNCC(C)(C)COc2cccc3c2C(N)=NS(=O)(=O)N3)cc1. The third-order valence-electron chi connectivity index (χ3n) is 4.70. The molecule has 9 nitrogen and oxygen atoms in total. The topological polar surface area (TPSA) is 127 Å². The van der Waals surface area contributed by atoms with Crippen LogP contribution in [0.2, 0.25) is 0 Å². The van der Waals surface area contributed by atoms with E-state index >= 15 is 0 Å². The first kappa shape index (κ1) is 22.9. The van der Waals surface area contributed by atoms with E-state index in [2.05, 4.69) is 33.6 Å². The number of methoxy groups -OCH3 is 1. The van der Waals surface area contributed by atoms with E-state index in [-0.39, 0.29) is 11.3 Å². The van der Waals surface area contributed by atoms with Gasteiger partial charge in [-0.2, -0.15) is 8.42 Å². The predicted octanol–water partition coefficient (Wildman–Crippen LogP) is 1.81. The van der Waals surface area contributed by atoms with E-state index in [1.165, 1.54) is 5.56 Å². The minimum absolute atomic E-state index is 0.0805. The zero-order valence-corrected chi connectivity index (χ0v) is 18.8. The van der Waals surface area contributed by atoms with Crippen LogP contribution in [0.15, 0.2) is 46.9 Å². The van der Waals surface area contributed by atoms with Gasteiger partial charge in [-0.25, -0.2) is 0 Å². The highest BCUT2D eigenvalue weighted by atomic mass is 32.2. The Hall–Kier alpha value is -2.82. The first-order chi connectivity index (χ1) is 14.7.